The third kappa shape index (κ3) is 2.35. The number of fused-ring (bicyclic) bond motifs is 1. The van der Waals surface area contributed by atoms with Gasteiger partial charge in [-0.05, 0) is 25.1 Å². The SMILES string of the molecule is CC(c1ccncn1)N(C)C(=O)c1cc2ccccc2n1C. The topological polar surface area (TPSA) is 51.0 Å². The minimum atomic E-state index is -0.117. The van der Waals surface area contributed by atoms with Crippen LogP contribution in [0.5, 0.6) is 0 Å². The van der Waals surface area contributed by atoms with Crippen LogP contribution in [0.15, 0.2) is 48.9 Å². The van der Waals surface area contributed by atoms with Gasteiger partial charge < -0.3 is 9.47 Å². The summed E-state index contributed by atoms with van der Waals surface area (Å²) in [6.45, 7) is 1.96. The first-order chi connectivity index (χ1) is 10.6. The summed E-state index contributed by atoms with van der Waals surface area (Å²) in [4.78, 5) is 22.7. The van der Waals surface area contributed by atoms with Crippen molar-refractivity contribution in [3.8, 4) is 0 Å². The number of nitrogens with zero attached hydrogens (tertiary/aromatic N) is 4. The van der Waals surface area contributed by atoms with Gasteiger partial charge in [0.2, 0.25) is 0 Å². The zero-order valence-electron chi connectivity index (χ0n) is 12.9. The number of amides is 1. The van der Waals surface area contributed by atoms with Gasteiger partial charge in [-0.2, -0.15) is 0 Å². The van der Waals surface area contributed by atoms with Crippen LogP contribution in [0.25, 0.3) is 10.9 Å². The Morgan fingerprint density at radius 1 is 1.27 bits per heavy atom. The van der Waals surface area contributed by atoms with Crippen molar-refractivity contribution in [3.63, 3.8) is 0 Å². The van der Waals surface area contributed by atoms with Crippen molar-refractivity contribution in [2.75, 3.05) is 7.05 Å². The maximum Gasteiger partial charge on any atom is 0.270 e. The molecule has 112 valence electrons. The van der Waals surface area contributed by atoms with Crippen LogP contribution in [0.4, 0.5) is 0 Å². The van der Waals surface area contributed by atoms with E-state index in [9.17, 15) is 4.79 Å². The highest BCUT2D eigenvalue weighted by Crippen LogP contribution is 2.22. The van der Waals surface area contributed by atoms with Crippen molar-refractivity contribution in [1.82, 2.24) is 19.4 Å². The highest BCUT2D eigenvalue weighted by Gasteiger charge is 2.22. The van der Waals surface area contributed by atoms with Crippen LogP contribution in [0.1, 0.15) is 29.1 Å². The van der Waals surface area contributed by atoms with Gasteiger partial charge >= 0.3 is 0 Å². The van der Waals surface area contributed by atoms with Crippen LogP contribution in [-0.4, -0.2) is 32.4 Å². The third-order valence-electron chi connectivity index (χ3n) is 4.10. The predicted molar refractivity (Wildman–Crippen MR) is 85.5 cm³/mol. The fourth-order valence-electron chi connectivity index (χ4n) is 2.60. The Labute approximate surface area is 129 Å². The summed E-state index contributed by atoms with van der Waals surface area (Å²) in [7, 11) is 3.71. The van der Waals surface area contributed by atoms with Crippen molar-refractivity contribution in [3.05, 3.63) is 60.3 Å². The zero-order valence-corrected chi connectivity index (χ0v) is 12.9. The number of benzene rings is 1. The van der Waals surface area contributed by atoms with Gasteiger partial charge in [0.25, 0.3) is 5.91 Å². The molecule has 0 saturated carbocycles. The average Bonchev–Trinajstić information content (AvgIpc) is 2.91. The lowest BCUT2D eigenvalue weighted by molar-refractivity contribution is 0.0730. The molecule has 1 unspecified atom stereocenters. The van der Waals surface area contributed by atoms with E-state index in [0.29, 0.717) is 5.69 Å². The van der Waals surface area contributed by atoms with E-state index >= 15 is 0 Å². The molecule has 0 N–H and O–H groups in total. The number of hydrogen-bond donors (Lipinski definition) is 0. The van der Waals surface area contributed by atoms with Crippen molar-refractivity contribution < 1.29 is 4.79 Å². The number of hydrogen-bond acceptors (Lipinski definition) is 3. The lowest BCUT2D eigenvalue weighted by Crippen LogP contribution is -2.31. The molecule has 22 heavy (non-hydrogen) atoms. The summed E-state index contributed by atoms with van der Waals surface area (Å²) in [5.74, 6) is -0.0233. The number of carbonyl (C=O) groups is 1. The summed E-state index contributed by atoms with van der Waals surface area (Å²) in [5.41, 5.74) is 2.54. The van der Waals surface area contributed by atoms with E-state index in [1.807, 2.05) is 54.9 Å². The van der Waals surface area contributed by atoms with Gasteiger partial charge in [0.05, 0.1) is 11.7 Å². The fourth-order valence-corrected chi connectivity index (χ4v) is 2.60. The van der Waals surface area contributed by atoms with Crippen molar-refractivity contribution in [2.45, 2.75) is 13.0 Å². The second-order valence-electron chi connectivity index (χ2n) is 5.37. The molecule has 0 radical (unpaired) electrons. The van der Waals surface area contributed by atoms with E-state index in [-0.39, 0.29) is 11.9 Å². The maximum atomic E-state index is 12.8. The quantitative estimate of drug-likeness (QED) is 0.746. The van der Waals surface area contributed by atoms with Crippen LogP contribution in [0.2, 0.25) is 0 Å². The Balaban J connectivity index is 1.93. The third-order valence-corrected chi connectivity index (χ3v) is 4.10. The van der Waals surface area contributed by atoms with E-state index in [1.165, 1.54) is 6.33 Å². The summed E-state index contributed by atoms with van der Waals surface area (Å²) < 4.78 is 1.93. The molecule has 1 amide bonds. The molecule has 3 rings (SSSR count). The standard InChI is InChI=1S/C17H18N4O/c1-12(14-8-9-18-11-19-14)20(2)17(22)16-10-13-6-4-5-7-15(13)21(16)3/h4-12H,1-3H3. The first-order valence-corrected chi connectivity index (χ1v) is 7.17. The van der Waals surface area contributed by atoms with E-state index in [4.69, 9.17) is 0 Å². The molecule has 1 atom stereocenters. The normalized spacial score (nSPS) is 12.3. The van der Waals surface area contributed by atoms with Gasteiger partial charge in [0.15, 0.2) is 0 Å². The molecule has 0 aliphatic carbocycles. The molecule has 0 aliphatic heterocycles. The van der Waals surface area contributed by atoms with Gasteiger partial charge in [0, 0.05) is 31.2 Å². The second kappa shape index (κ2) is 5.60. The van der Waals surface area contributed by atoms with E-state index in [1.54, 1.807) is 18.1 Å². The first kappa shape index (κ1) is 14.3. The molecular weight excluding hydrogens is 276 g/mol. The highest BCUT2D eigenvalue weighted by molar-refractivity contribution is 5.98. The van der Waals surface area contributed by atoms with Gasteiger partial charge in [-0.1, -0.05) is 18.2 Å². The second-order valence-corrected chi connectivity index (χ2v) is 5.37. The number of carbonyl (C=O) groups excluding carboxylic acids is 1. The molecule has 5 nitrogen and oxygen atoms in total. The average molecular weight is 294 g/mol. The van der Waals surface area contributed by atoms with E-state index in [2.05, 4.69) is 9.97 Å². The maximum absolute atomic E-state index is 12.8. The lowest BCUT2D eigenvalue weighted by atomic mass is 10.2. The Bertz CT molecular complexity index is 810. The van der Waals surface area contributed by atoms with E-state index < -0.39 is 0 Å². The molecule has 2 aromatic heterocycles. The zero-order chi connectivity index (χ0) is 15.7. The number of rotatable bonds is 3. The minimum Gasteiger partial charge on any atom is -0.340 e. The van der Waals surface area contributed by atoms with Crippen LogP contribution in [-0.2, 0) is 7.05 Å². The molecule has 0 aliphatic rings. The van der Waals surface area contributed by atoms with Gasteiger partial charge in [-0.25, -0.2) is 9.97 Å². The summed E-state index contributed by atoms with van der Waals surface area (Å²) in [6, 6.07) is 11.6. The summed E-state index contributed by atoms with van der Waals surface area (Å²) in [6.07, 6.45) is 3.19. The summed E-state index contributed by atoms with van der Waals surface area (Å²) >= 11 is 0. The van der Waals surface area contributed by atoms with Crippen LogP contribution in [0.3, 0.4) is 0 Å². The molecule has 0 bridgehead atoms. The predicted octanol–water partition coefficient (Wildman–Crippen LogP) is 2.80. The molecule has 0 spiro atoms. The van der Waals surface area contributed by atoms with E-state index in [0.717, 1.165) is 16.6 Å². The monoisotopic (exact) mass is 294 g/mol. The smallest absolute Gasteiger partial charge is 0.270 e. The van der Waals surface area contributed by atoms with Crippen molar-refractivity contribution in [2.24, 2.45) is 7.05 Å². The van der Waals surface area contributed by atoms with Gasteiger partial charge in [-0.3, -0.25) is 4.79 Å². The highest BCUT2D eigenvalue weighted by atomic mass is 16.2. The fraction of sp³-hybridized carbons (Fsp3) is 0.235. The Kier molecular flexibility index (Phi) is 3.63. The largest absolute Gasteiger partial charge is 0.340 e. The van der Waals surface area contributed by atoms with Crippen LogP contribution in [0, 0.1) is 0 Å². The number of aromatic nitrogens is 3. The Hall–Kier alpha value is -2.69. The Morgan fingerprint density at radius 3 is 2.73 bits per heavy atom. The summed E-state index contributed by atoms with van der Waals surface area (Å²) in [5, 5.41) is 1.07. The minimum absolute atomic E-state index is 0.0233. The molecule has 0 saturated heterocycles. The Morgan fingerprint density at radius 2 is 2.05 bits per heavy atom. The van der Waals surface area contributed by atoms with Crippen molar-refractivity contribution in [1.29, 1.82) is 0 Å². The number of para-hydroxylation sites is 1. The van der Waals surface area contributed by atoms with Crippen molar-refractivity contribution >= 4 is 16.8 Å². The molecule has 5 heteroatoms. The van der Waals surface area contributed by atoms with Crippen LogP contribution >= 0.6 is 0 Å². The molecule has 1 aromatic carbocycles. The molecule has 0 fully saturated rings. The van der Waals surface area contributed by atoms with Gasteiger partial charge in [0.1, 0.15) is 12.0 Å². The molecule has 3 aromatic rings. The van der Waals surface area contributed by atoms with Crippen LogP contribution < -0.4 is 0 Å². The number of aryl methyl sites for hydroxylation is 1. The lowest BCUT2D eigenvalue weighted by Gasteiger charge is -2.24. The molecule has 2 heterocycles. The van der Waals surface area contributed by atoms with Gasteiger partial charge in [-0.15, -0.1) is 0 Å². The molecular formula is C17H18N4O. The first-order valence-electron chi connectivity index (χ1n) is 7.17.